The van der Waals surface area contributed by atoms with Gasteiger partial charge in [-0.2, -0.15) is 11.8 Å². The first kappa shape index (κ1) is 14.7. The molecular weight excluding hydrogens is 240 g/mol. The Balaban J connectivity index is 1.86. The second-order valence-electron chi connectivity index (χ2n) is 6.30. The smallest absolute Gasteiger partial charge is 0.0191 e. The van der Waals surface area contributed by atoms with Gasteiger partial charge in [-0.05, 0) is 56.9 Å². The molecule has 1 aliphatic carbocycles. The lowest BCUT2D eigenvalue weighted by atomic mass is 9.78. The van der Waals surface area contributed by atoms with Gasteiger partial charge < -0.3 is 10.2 Å². The molecule has 0 aromatic carbocycles. The zero-order valence-electron chi connectivity index (χ0n) is 12.3. The molecule has 0 aromatic heterocycles. The van der Waals surface area contributed by atoms with Gasteiger partial charge in [0.1, 0.15) is 0 Å². The van der Waals surface area contributed by atoms with Crippen molar-refractivity contribution in [3.63, 3.8) is 0 Å². The van der Waals surface area contributed by atoms with E-state index in [2.05, 4.69) is 42.9 Å². The molecule has 2 aliphatic rings. The Morgan fingerprint density at radius 1 is 1.28 bits per heavy atom. The van der Waals surface area contributed by atoms with Crippen molar-refractivity contribution < 1.29 is 0 Å². The zero-order valence-corrected chi connectivity index (χ0v) is 13.1. The average molecular weight is 270 g/mol. The number of rotatable bonds is 5. The van der Waals surface area contributed by atoms with Gasteiger partial charge in [-0.15, -0.1) is 0 Å². The van der Waals surface area contributed by atoms with Crippen LogP contribution in [0.1, 0.15) is 39.5 Å². The van der Waals surface area contributed by atoms with Gasteiger partial charge in [0.15, 0.2) is 0 Å². The molecule has 2 nitrogen and oxygen atoms in total. The van der Waals surface area contributed by atoms with E-state index in [0.29, 0.717) is 0 Å². The van der Waals surface area contributed by atoms with E-state index in [4.69, 9.17) is 0 Å². The molecule has 106 valence electrons. The summed E-state index contributed by atoms with van der Waals surface area (Å²) in [6.45, 7) is 7.10. The highest BCUT2D eigenvalue weighted by Gasteiger charge is 2.30. The Morgan fingerprint density at radius 2 is 2.11 bits per heavy atom. The summed E-state index contributed by atoms with van der Waals surface area (Å²) in [5.74, 6) is 4.51. The van der Waals surface area contributed by atoms with Crippen molar-refractivity contribution in [3.05, 3.63) is 0 Å². The van der Waals surface area contributed by atoms with Crippen molar-refractivity contribution in [2.75, 3.05) is 31.6 Å². The minimum Gasteiger partial charge on any atom is -0.314 e. The standard InChI is InChI=1S/C15H30N2S/c1-4-16-15-6-5-12(2)9-13(15)10-17(3)14-7-8-18-11-14/h12-16H,4-11H2,1-3H3. The number of nitrogens with zero attached hydrogens (tertiary/aromatic N) is 1. The molecule has 1 N–H and O–H groups in total. The van der Waals surface area contributed by atoms with Gasteiger partial charge in [-0.1, -0.05) is 13.8 Å². The van der Waals surface area contributed by atoms with Crippen LogP contribution in [-0.2, 0) is 0 Å². The molecule has 0 amide bonds. The van der Waals surface area contributed by atoms with Crippen molar-refractivity contribution in [1.29, 1.82) is 0 Å². The maximum absolute atomic E-state index is 3.72. The molecule has 4 unspecified atom stereocenters. The van der Waals surface area contributed by atoms with E-state index in [1.54, 1.807) is 0 Å². The van der Waals surface area contributed by atoms with Gasteiger partial charge in [0.2, 0.25) is 0 Å². The fraction of sp³-hybridized carbons (Fsp3) is 1.00. The zero-order chi connectivity index (χ0) is 13.0. The molecule has 0 aromatic rings. The van der Waals surface area contributed by atoms with Crippen LogP contribution in [0.4, 0.5) is 0 Å². The lowest BCUT2D eigenvalue weighted by molar-refractivity contribution is 0.141. The van der Waals surface area contributed by atoms with Crippen LogP contribution in [0.25, 0.3) is 0 Å². The maximum Gasteiger partial charge on any atom is 0.0191 e. The van der Waals surface area contributed by atoms with Crippen LogP contribution in [0.5, 0.6) is 0 Å². The van der Waals surface area contributed by atoms with Crippen LogP contribution >= 0.6 is 11.8 Å². The Morgan fingerprint density at radius 3 is 2.78 bits per heavy atom. The SMILES string of the molecule is CCNC1CCC(C)CC1CN(C)C1CCSC1. The molecule has 3 heteroatoms. The van der Waals surface area contributed by atoms with Gasteiger partial charge in [-0.25, -0.2) is 0 Å². The number of hydrogen-bond acceptors (Lipinski definition) is 3. The van der Waals surface area contributed by atoms with Crippen LogP contribution in [0.2, 0.25) is 0 Å². The van der Waals surface area contributed by atoms with Crippen molar-refractivity contribution in [3.8, 4) is 0 Å². The lowest BCUT2D eigenvalue weighted by Gasteiger charge is -2.39. The third-order valence-corrected chi connectivity index (χ3v) is 5.91. The molecule has 1 saturated heterocycles. The summed E-state index contributed by atoms with van der Waals surface area (Å²) in [5.41, 5.74) is 0. The average Bonchev–Trinajstić information content (AvgIpc) is 2.86. The predicted octanol–water partition coefficient (Wildman–Crippen LogP) is 2.84. The van der Waals surface area contributed by atoms with Gasteiger partial charge in [0.25, 0.3) is 0 Å². The maximum atomic E-state index is 3.72. The third-order valence-electron chi connectivity index (χ3n) is 4.76. The Labute approximate surface area is 117 Å². The summed E-state index contributed by atoms with van der Waals surface area (Å²) in [7, 11) is 2.35. The van der Waals surface area contributed by atoms with Crippen molar-refractivity contribution in [2.24, 2.45) is 11.8 Å². The molecule has 1 aliphatic heterocycles. The van der Waals surface area contributed by atoms with Crippen LogP contribution < -0.4 is 5.32 Å². The van der Waals surface area contributed by atoms with E-state index in [0.717, 1.165) is 30.5 Å². The predicted molar refractivity (Wildman–Crippen MR) is 82.3 cm³/mol. The molecule has 1 heterocycles. The second kappa shape index (κ2) is 7.16. The van der Waals surface area contributed by atoms with Crippen LogP contribution in [-0.4, -0.2) is 48.6 Å². The largest absolute Gasteiger partial charge is 0.314 e. The van der Waals surface area contributed by atoms with Crippen LogP contribution in [0.3, 0.4) is 0 Å². The summed E-state index contributed by atoms with van der Waals surface area (Å²) in [5, 5.41) is 3.72. The molecule has 1 saturated carbocycles. The van der Waals surface area contributed by atoms with E-state index in [9.17, 15) is 0 Å². The van der Waals surface area contributed by atoms with Crippen molar-refractivity contribution in [2.45, 2.75) is 51.6 Å². The number of thioether (sulfide) groups is 1. The summed E-state index contributed by atoms with van der Waals surface area (Å²) in [6, 6.07) is 1.61. The van der Waals surface area contributed by atoms with Crippen LogP contribution in [0, 0.1) is 11.8 Å². The molecule has 18 heavy (non-hydrogen) atoms. The van der Waals surface area contributed by atoms with Crippen LogP contribution in [0.15, 0.2) is 0 Å². The molecule has 0 spiro atoms. The molecular formula is C15H30N2S. The highest BCUT2D eigenvalue weighted by molar-refractivity contribution is 7.99. The van der Waals surface area contributed by atoms with Crippen molar-refractivity contribution in [1.82, 2.24) is 10.2 Å². The minimum absolute atomic E-state index is 0.766. The summed E-state index contributed by atoms with van der Waals surface area (Å²) < 4.78 is 0. The summed E-state index contributed by atoms with van der Waals surface area (Å²) in [6.07, 6.45) is 5.61. The van der Waals surface area contributed by atoms with E-state index in [1.165, 1.54) is 43.7 Å². The van der Waals surface area contributed by atoms with E-state index < -0.39 is 0 Å². The van der Waals surface area contributed by atoms with E-state index in [1.807, 2.05) is 0 Å². The fourth-order valence-corrected chi connectivity index (χ4v) is 4.92. The molecule has 2 fully saturated rings. The summed E-state index contributed by atoms with van der Waals surface area (Å²) in [4.78, 5) is 2.65. The highest BCUT2D eigenvalue weighted by Crippen LogP contribution is 2.31. The first-order valence-electron chi connectivity index (χ1n) is 7.72. The van der Waals surface area contributed by atoms with Gasteiger partial charge in [0, 0.05) is 24.4 Å². The van der Waals surface area contributed by atoms with Crippen molar-refractivity contribution >= 4 is 11.8 Å². The van der Waals surface area contributed by atoms with Gasteiger partial charge >= 0.3 is 0 Å². The molecule has 0 bridgehead atoms. The first-order chi connectivity index (χ1) is 8.70. The number of hydrogen-bond donors (Lipinski definition) is 1. The fourth-order valence-electron chi connectivity index (χ4n) is 3.62. The quantitative estimate of drug-likeness (QED) is 0.827. The molecule has 0 radical (unpaired) electrons. The lowest BCUT2D eigenvalue weighted by Crippen LogP contribution is -2.46. The normalized spacial score (nSPS) is 37.3. The Kier molecular flexibility index (Phi) is 5.84. The Hall–Kier alpha value is 0.270. The molecule has 2 rings (SSSR count). The molecule has 4 atom stereocenters. The van der Waals surface area contributed by atoms with E-state index in [-0.39, 0.29) is 0 Å². The first-order valence-corrected chi connectivity index (χ1v) is 8.87. The third kappa shape index (κ3) is 3.88. The minimum atomic E-state index is 0.766. The summed E-state index contributed by atoms with van der Waals surface area (Å²) >= 11 is 2.13. The Bertz CT molecular complexity index is 241. The van der Waals surface area contributed by atoms with Gasteiger partial charge in [0.05, 0.1) is 0 Å². The topological polar surface area (TPSA) is 15.3 Å². The van der Waals surface area contributed by atoms with E-state index >= 15 is 0 Å². The van der Waals surface area contributed by atoms with Gasteiger partial charge in [-0.3, -0.25) is 0 Å². The monoisotopic (exact) mass is 270 g/mol. The number of nitrogens with one attached hydrogen (secondary N) is 1. The highest BCUT2D eigenvalue weighted by atomic mass is 32.2. The second-order valence-corrected chi connectivity index (χ2v) is 7.45.